The van der Waals surface area contributed by atoms with E-state index in [2.05, 4.69) is 34.5 Å². The minimum atomic E-state index is 0.521. The van der Waals surface area contributed by atoms with E-state index >= 15 is 0 Å². The summed E-state index contributed by atoms with van der Waals surface area (Å²) < 4.78 is 5.31. The van der Waals surface area contributed by atoms with Crippen molar-refractivity contribution in [3.63, 3.8) is 0 Å². The highest BCUT2D eigenvalue weighted by molar-refractivity contribution is 5.18. The topological polar surface area (TPSA) is 51.0 Å². The van der Waals surface area contributed by atoms with Crippen LogP contribution in [0.2, 0.25) is 0 Å². The highest BCUT2D eigenvalue weighted by atomic mass is 16.5. The van der Waals surface area contributed by atoms with Crippen LogP contribution in [0.15, 0.2) is 34.9 Å². The molecule has 0 atom stereocenters. The molecule has 2 aromatic rings. The molecule has 1 aliphatic rings. The Hall–Kier alpha value is -1.68. The van der Waals surface area contributed by atoms with Crippen molar-refractivity contribution in [2.45, 2.75) is 45.6 Å². The Balaban J connectivity index is 1.49. The van der Waals surface area contributed by atoms with Crippen LogP contribution in [0.4, 0.5) is 0 Å². The van der Waals surface area contributed by atoms with E-state index in [1.807, 2.05) is 18.2 Å². The van der Waals surface area contributed by atoms with Gasteiger partial charge in [0.2, 0.25) is 5.89 Å². The van der Waals surface area contributed by atoms with Gasteiger partial charge in [0.05, 0.1) is 6.54 Å². The summed E-state index contributed by atoms with van der Waals surface area (Å²) in [7, 11) is 0. The van der Waals surface area contributed by atoms with Gasteiger partial charge in [0, 0.05) is 13.0 Å². The summed E-state index contributed by atoms with van der Waals surface area (Å²) in [6.07, 6.45) is 6.04. The molecule has 3 rings (SSSR count). The number of hydrogen-bond donors (Lipinski definition) is 1. The van der Waals surface area contributed by atoms with Crippen LogP contribution >= 0.6 is 0 Å². The Kier molecular flexibility index (Phi) is 4.34. The standard InChI is InChI=1S/C17H23N3O/c1-2-17(9-6-10-17)13-18-12-16-19-15(20-21-16)11-14-7-4-3-5-8-14/h3-5,7-8,18H,2,6,9-13H2,1H3. The fourth-order valence-electron chi connectivity index (χ4n) is 2.98. The number of hydrogen-bond acceptors (Lipinski definition) is 4. The van der Waals surface area contributed by atoms with Crippen LogP contribution in [0.25, 0.3) is 0 Å². The van der Waals surface area contributed by atoms with Gasteiger partial charge < -0.3 is 9.84 Å². The molecule has 0 unspecified atom stereocenters. The Morgan fingerprint density at radius 1 is 1.24 bits per heavy atom. The molecule has 0 amide bonds. The van der Waals surface area contributed by atoms with Gasteiger partial charge in [-0.1, -0.05) is 48.8 Å². The van der Waals surface area contributed by atoms with E-state index in [1.165, 1.54) is 31.2 Å². The SMILES string of the molecule is CCC1(CNCc2nc(Cc3ccccc3)no2)CCC1. The second-order valence-corrected chi connectivity index (χ2v) is 6.08. The monoisotopic (exact) mass is 285 g/mol. The lowest BCUT2D eigenvalue weighted by Gasteiger charge is -2.41. The molecule has 1 fully saturated rings. The Bertz CT molecular complexity index is 555. The van der Waals surface area contributed by atoms with Crippen LogP contribution in [0, 0.1) is 5.41 Å². The second kappa shape index (κ2) is 6.39. The molecule has 112 valence electrons. The molecule has 1 N–H and O–H groups in total. The number of aromatic nitrogens is 2. The Morgan fingerprint density at radius 3 is 2.71 bits per heavy atom. The summed E-state index contributed by atoms with van der Waals surface area (Å²) in [5.41, 5.74) is 1.73. The molecular weight excluding hydrogens is 262 g/mol. The van der Waals surface area contributed by atoms with Crippen LogP contribution < -0.4 is 5.32 Å². The molecule has 0 aliphatic heterocycles. The Labute approximate surface area is 126 Å². The van der Waals surface area contributed by atoms with Crippen molar-refractivity contribution in [3.8, 4) is 0 Å². The molecule has 4 nitrogen and oxygen atoms in total. The summed E-state index contributed by atoms with van der Waals surface area (Å²) in [5.74, 6) is 1.44. The van der Waals surface area contributed by atoms with Crippen LogP contribution in [-0.2, 0) is 13.0 Å². The first kappa shape index (κ1) is 14.3. The van der Waals surface area contributed by atoms with E-state index in [0.717, 1.165) is 18.8 Å². The van der Waals surface area contributed by atoms with Crippen LogP contribution in [0.3, 0.4) is 0 Å². The predicted octanol–water partition coefficient (Wildman–Crippen LogP) is 3.33. The van der Waals surface area contributed by atoms with E-state index in [-0.39, 0.29) is 0 Å². The average Bonchev–Trinajstić information content (AvgIpc) is 2.90. The van der Waals surface area contributed by atoms with Gasteiger partial charge in [-0.25, -0.2) is 0 Å². The van der Waals surface area contributed by atoms with E-state index in [9.17, 15) is 0 Å². The first-order valence-corrected chi connectivity index (χ1v) is 7.86. The quantitative estimate of drug-likeness (QED) is 0.847. The molecule has 0 bridgehead atoms. The van der Waals surface area contributed by atoms with E-state index < -0.39 is 0 Å². The minimum absolute atomic E-state index is 0.521. The molecule has 0 radical (unpaired) electrons. The van der Waals surface area contributed by atoms with Crippen LogP contribution in [0.1, 0.15) is 49.9 Å². The maximum atomic E-state index is 5.31. The molecule has 1 saturated carbocycles. The third kappa shape index (κ3) is 3.50. The first-order chi connectivity index (χ1) is 10.3. The molecule has 1 aromatic carbocycles. The summed E-state index contributed by atoms with van der Waals surface area (Å²) >= 11 is 0. The maximum absolute atomic E-state index is 5.31. The lowest BCUT2D eigenvalue weighted by Crippen LogP contribution is -2.39. The van der Waals surface area contributed by atoms with Gasteiger partial charge >= 0.3 is 0 Å². The average molecular weight is 285 g/mol. The van der Waals surface area contributed by atoms with Gasteiger partial charge in [0.25, 0.3) is 0 Å². The first-order valence-electron chi connectivity index (χ1n) is 7.86. The summed E-state index contributed by atoms with van der Waals surface area (Å²) in [5, 5.41) is 7.53. The highest BCUT2D eigenvalue weighted by Gasteiger charge is 2.34. The van der Waals surface area contributed by atoms with Gasteiger partial charge in [-0.2, -0.15) is 4.98 Å². The van der Waals surface area contributed by atoms with Crippen molar-refractivity contribution in [1.29, 1.82) is 0 Å². The van der Waals surface area contributed by atoms with Crippen molar-refractivity contribution < 1.29 is 4.52 Å². The molecule has 0 spiro atoms. The molecule has 1 aromatic heterocycles. The van der Waals surface area contributed by atoms with Crippen LogP contribution in [-0.4, -0.2) is 16.7 Å². The molecule has 21 heavy (non-hydrogen) atoms. The third-order valence-electron chi connectivity index (χ3n) is 4.66. The van der Waals surface area contributed by atoms with Crippen LogP contribution in [0.5, 0.6) is 0 Å². The van der Waals surface area contributed by atoms with Crippen molar-refractivity contribution in [3.05, 3.63) is 47.6 Å². The van der Waals surface area contributed by atoms with E-state index in [4.69, 9.17) is 4.52 Å². The van der Waals surface area contributed by atoms with Gasteiger partial charge in [-0.05, 0) is 30.2 Å². The van der Waals surface area contributed by atoms with Gasteiger partial charge in [-0.3, -0.25) is 0 Å². The minimum Gasteiger partial charge on any atom is -0.338 e. The van der Waals surface area contributed by atoms with Gasteiger partial charge in [-0.15, -0.1) is 0 Å². The van der Waals surface area contributed by atoms with Gasteiger partial charge in [0.15, 0.2) is 5.82 Å². The summed E-state index contributed by atoms with van der Waals surface area (Å²) in [6, 6.07) is 10.2. The third-order valence-corrected chi connectivity index (χ3v) is 4.66. The molecule has 4 heteroatoms. The molecule has 1 heterocycles. The molecular formula is C17H23N3O. The van der Waals surface area contributed by atoms with Crippen molar-refractivity contribution >= 4 is 0 Å². The zero-order chi connectivity index (χ0) is 14.5. The Morgan fingerprint density at radius 2 is 2.05 bits per heavy atom. The smallest absolute Gasteiger partial charge is 0.240 e. The molecule has 0 saturated heterocycles. The fourth-order valence-corrected chi connectivity index (χ4v) is 2.98. The maximum Gasteiger partial charge on any atom is 0.240 e. The number of rotatable bonds is 7. The predicted molar refractivity (Wildman–Crippen MR) is 81.8 cm³/mol. The fraction of sp³-hybridized carbons (Fsp3) is 0.529. The number of nitrogens with zero attached hydrogens (tertiary/aromatic N) is 2. The highest BCUT2D eigenvalue weighted by Crippen LogP contribution is 2.43. The van der Waals surface area contributed by atoms with Crippen molar-refractivity contribution in [1.82, 2.24) is 15.5 Å². The molecule has 1 aliphatic carbocycles. The summed E-state index contributed by atoms with van der Waals surface area (Å²) in [4.78, 5) is 4.45. The lowest BCUT2D eigenvalue weighted by molar-refractivity contribution is 0.122. The van der Waals surface area contributed by atoms with Crippen molar-refractivity contribution in [2.24, 2.45) is 5.41 Å². The van der Waals surface area contributed by atoms with Gasteiger partial charge in [0.1, 0.15) is 0 Å². The number of nitrogens with one attached hydrogen (secondary N) is 1. The zero-order valence-electron chi connectivity index (χ0n) is 12.6. The lowest BCUT2D eigenvalue weighted by atomic mass is 9.67. The normalized spacial score (nSPS) is 16.6. The zero-order valence-corrected chi connectivity index (χ0v) is 12.6. The van der Waals surface area contributed by atoms with Crippen molar-refractivity contribution in [2.75, 3.05) is 6.54 Å². The largest absolute Gasteiger partial charge is 0.338 e. The number of benzene rings is 1. The van der Waals surface area contributed by atoms with E-state index in [0.29, 0.717) is 17.9 Å². The van der Waals surface area contributed by atoms with E-state index in [1.54, 1.807) is 0 Å². The second-order valence-electron chi connectivity index (χ2n) is 6.08. The summed E-state index contributed by atoms with van der Waals surface area (Å²) in [6.45, 7) is 4.01.